The number of nitrogens with zero attached hydrogens (tertiary/aromatic N) is 2. The van der Waals surface area contributed by atoms with Gasteiger partial charge in [0.2, 0.25) is 0 Å². The van der Waals surface area contributed by atoms with Crippen LogP contribution in [0.25, 0.3) is 0 Å². The molecule has 1 N–H and O–H groups in total. The van der Waals surface area contributed by atoms with Gasteiger partial charge in [-0.05, 0) is 32.4 Å². The Hall–Kier alpha value is -1.09. The minimum Gasteiger partial charge on any atom is -0.365 e. The van der Waals surface area contributed by atoms with Crippen molar-refractivity contribution >= 4 is 5.69 Å². The second-order valence-corrected chi connectivity index (χ2v) is 5.00. The maximum Gasteiger partial charge on any atom is 0.0605 e. The van der Waals surface area contributed by atoms with Crippen LogP contribution < -0.4 is 10.2 Å². The van der Waals surface area contributed by atoms with Gasteiger partial charge in [-0.15, -0.1) is 0 Å². The van der Waals surface area contributed by atoms with Crippen molar-refractivity contribution in [2.45, 2.75) is 45.7 Å². The van der Waals surface area contributed by atoms with Gasteiger partial charge < -0.3 is 10.2 Å². The molecule has 0 bridgehead atoms. The fourth-order valence-electron chi connectivity index (χ4n) is 2.59. The summed E-state index contributed by atoms with van der Waals surface area (Å²) in [5, 5.41) is 3.63. The van der Waals surface area contributed by atoms with Crippen LogP contribution in [0.5, 0.6) is 0 Å². The molecule has 1 aliphatic heterocycles. The molecule has 94 valence electrons. The van der Waals surface area contributed by atoms with Crippen LogP contribution in [0.15, 0.2) is 18.3 Å². The number of rotatable bonds is 3. The fraction of sp³-hybridized carbons (Fsp3) is 0.643. The summed E-state index contributed by atoms with van der Waals surface area (Å²) in [6.07, 6.45) is 4.36. The lowest BCUT2D eigenvalue weighted by Crippen LogP contribution is -2.55. The smallest absolute Gasteiger partial charge is 0.0605 e. The number of aryl methyl sites for hydroxylation is 1. The zero-order valence-electron chi connectivity index (χ0n) is 11.1. The zero-order valence-corrected chi connectivity index (χ0v) is 11.1. The maximum absolute atomic E-state index is 4.40. The van der Waals surface area contributed by atoms with Crippen LogP contribution in [0.1, 0.15) is 32.4 Å². The van der Waals surface area contributed by atoms with Crippen LogP contribution in [-0.4, -0.2) is 30.2 Å². The average molecular weight is 233 g/mol. The predicted octanol–water partition coefficient (Wildman–Crippen LogP) is 2.36. The molecule has 0 aromatic carbocycles. The highest BCUT2D eigenvalue weighted by atomic mass is 15.2. The Morgan fingerprint density at radius 3 is 3.06 bits per heavy atom. The summed E-state index contributed by atoms with van der Waals surface area (Å²) in [7, 11) is 0. The highest BCUT2D eigenvalue weighted by Gasteiger charge is 2.25. The van der Waals surface area contributed by atoms with Crippen molar-refractivity contribution in [3.63, 3.8) is 0 Å². The highest BCUT2D eigenvalue weighted by Crippen LogP contribution is 2.22. The molecule has 1 aromatic rings. The molecule has 2 atom stereocenters. The Labute approximate surface area is 104 Å². The van der Waals surface area contributed by atoms with Crippen LogP contribution >= 0.6 is 0 Å². The predicted molar refractivity (Wildman–Crippen MR) is 72.5 cm³/mol. The zero-order chi connectivity index (χ0) is 12.3. The second kappa shape index (κ2) is 5.50. The van der Waals surface area contributed by atoms with Crippen molar-refractivity contribution in [2.24, 2.45) is 0 Å². The molecule has 17 heavy (non-hydrogen) atoms. The van der Waals surface area contributed by atoms with E-state index in [4.69, 9.17) is 0 Å². The van der Waals surface area contributed by atoms with E-state index in [0.717, 1.165) is 18.8 Å². The molecule has 1 aliphatic rings. The van der Waals surface area contributed by atoms with Crippen molar-refractivity contribution in [1.82, 2.24) is 10.3 Å². The van der Waals surface area contributed by atoms with Gasteiger partial charge in [0.1, 0.15) is 0 Å². The first kappa shape index (κ1) is 12.4. The van der Waals surface area contributed by atoms with Gasteiger partial charge in [-0.1, -0.05) is 13.3 Å². The van der Waals surface area contributed by atoms with E-state index in [1.807, 2.05) is 12.3 Å². The Kier molecular flexibility index (Phi) is 4.00. The van der Waals surface area contributed by atoms with Crippen LogP contribution in [0, 0.1) is 6.92 Å². The van der Waals surface area contributed by atoms with Gasteiger partial charge in [0, 0.05) is 31.4 Å². The number of hydrogen-bond acceptors (Lipinski definition) is 3. The minimum atomic E-state index is 0.547. The van der Waals surface area contributed by atoms with Crippen LogP contribution in [-0.2, 0) is 0 Å². The van der Waals surface area contributed by atoms with Gasteiger partial charge in [0.05, 0.1) is 11.4 Å². The van der Waals surface area contributed by atoms with E-state index in [1.54, 1.807) is 0 Å². The van der Waals surface area contributed by atoms with E-state index in [1.165, 1.54) is 18.5 Å². The summed E-state index contributed by atoms with van der Waals surface area (Å²) in [6, 6.07) is 5.39. The van der Waals surface area contributed by atoms with Gasteiger partial charge >= 0.3 is 0 Å². The summed E-state index contributed by atoms with van der Waals surface area (Å²) >= 11 is 0. The second-order valence-electron chi connectivity index (χ2n) is 5.00. The summed E-state index contributed by atoms with van der Waals surface area (Å²) in [6.45, 7) is 8.79. The summed E-state index contributed by atoms with van der Waals surface area (Å²) in [5.41, 5.74) is 2.43. The average Bonchev–Trinajstić information content (AvgIpc) is 2.33. The molecular formula is C14H23N3. The molecule has 1 fully saturated rings. The lowest BCUT2D eigenvalue weighted by molar-refractivity contribution is 0.385. The lowest BCUT2D eigenvalue weighted by Gasteiger charge is -2.40. The van der Waals surface area contributed by atoms with E-state index < -0.39 is 0 Å². The monoisotopic (exact) mass is 233 g/mol. The van der Waals surface area contributed by atoms with Crippen molar-refractivity contribution in [3.05, 3.63) is 24.0 Å². The molecule has 0 spiro atoms. The first-order valence-electron chi connectivity index (χ1n) is 6.64. The number of hydrogen-bond donors (Lipinski definition) is 1. The molecule has 0 saturated carbocycles. The lowest BCUT2D eigenvalue weighted by atomic mass is 10.0. The Morgan fingerprint density at radius 1 is 1.53 bits per heavy atom. The van der Waals surface area contributed by atoms with Gasteiger partial charge in [0.15, 0.2) is 0 Å². The normalized spacial score (nSPS) is 25.0. The molecule has 0 aliphatic carbocycles. The van der Waals surface area contributed by atoms with E-state index in [9.17, 15) is 0 Å². The van der Waals surface area contributed by atoms with Crippen molar-refractivity contribution in [3.8, 4) is 0 Å². The topological polar surface area (TPSA) is 28.2 Å². The highest BCUT2D eigenvalue weighted by molar-refractivity contribution is 5.51. The Morgan fingerprint density at radius 2 is 2.35 bits per heavy atom. The third-order valence-electron chi connectivity index (χ3n) is 3.58. The first-order valence-corrected chi connectivity index (χ1v) is 6.64. The quantitative estimate of drug-likeness (QED) is 0.868. The SMILES string of the molecule is CCCC1CN(c2cccnc2C)C(C)CN1. The molecule has 2 unspecified atom stereocenters. The third-order valence-corrected chi connectivity index (χ3v) is 3.58. The van der Waals surface area contributed by atoms with E-state index >= 15 is 0 Å². The molecular weight excluding hydrogens is 210 g/mol. The molecule has 0 radical (unpaired) electrons. The Balaban J connectivity index is 2.15. The van der Waals surface area contributed by atoms with E-state index in [-0.39, 0.29) is 0 Å². The molecule has 3 nitrogen and oxygen atoms in total. The Bertz CT molecular complexity index is 364. The molecule has 3 heteroatoms. The minimum absolute atomic E-state index is 0.547. The van der Waals surface area contributed by atoms with Crippen molar-refractivity contribution < 1.29 is 0 Å². The molecule has 0 amide bonds. The van der Waals surface area contributed by atoms with Crippen molar-refractivity contribution in [1.29, 1.82) is 0 Å². The largest absolute Gasteiger partial charge is 0.365 e. The molecule has 2 rings (SSSR count). The van der Waals surface area contributed by atoms with Gasteiger partial charge in [-0.2, -0.15) is 0 Å². The number of nitrogens with one attached hydrogen (secondary N) is 1. The first-order chi connectivity index (χ1) is 8.22. The number of anilines is 1. The number of aromatic nitrogens is 1. The van der Waals surface area contributed by atoms with E-state index in [0.29, 0.717) is 12.1 Å². The van der Waals surface area contributed by atoms with Crippen LogP contribution in [0.2, 0.25) is 0 Å². The number of pyridine rings is 1. The maximum atomic E-state index is 4.40. The summed E-state index contributed by atoms with van der Waals surface area (Å²) < 4.78 is 0. The van der Waals surface area contributed by atoms with E-state index in [2.05, 4.69) is 42.0 Å². The van der Waals surface area contributed by atoms with Crippen LogP contribution in [0.3, 0.4) is 0 Å². The molecule has 2 heterocycles. The van der Waals surface area contributed by atoms with Crippen LogP contribution in [0.4, 0.5) is 5.69 Å². The number of piperazine rings is 1. The van der Waals surface area contributed by atoms with Crippen molar-refractivity contribution in [2.75, 3.05) is 18.0 Å². The van der Waals surface area contributed by atoms with Gasteiger partial charge in [-0.25, -0.2) is 0 Å². The molecule has 1 saturated heterocycles. The van der Waals surface area contributed by atoms with Gasteiger partial charge in [0.25, 0.3) is 0 Å². The summed E-state index contributed by atoms with van der Waals surface area (Å²) in [4.78, 5) is 6.90. The molecule has 1 aromatic heterocycles. The summed E-state index contributed by atoms with van der Waals surface area (Å²) in [5.74, 6) is 0. The standard InChI is InChI=1S/C14H23N3/c1-4-6-13-10-17(11(2)9-16-13)14-7-5-8-15-12(14)3/h5,7-8,11,13,16H,4,6,9-10H2,1-3H3. The van der Waals surface area contributed by atoms with Gasteiger partial charge in [-0.3, -0.25) is 4.98 Å². The third kappa shape index (κ3) is 2.78. The fourth-order valence-corrected chi connectivity index (χ4v) is 2.59.